The Morgan fingerprint density at radius 2 is 2.31 bits per heavy atom. The predicted octanol–water partition coefficient (Wildman–Crippen LogP) is 3.37. The largest absolute Gasteiger partial charge is 0.266 e. The van der Waals surface area contributed by atoms with E-state index in [0.29, 0.717) is 5.92 Å². The van der Waals surface area contributed by atoms with Crippen molar-refractivity contribution in [2.75, 3.05) is 0 Å². The van der Waals surface area contributed by atoms with Crippen LogP contribution < -0.4 is 0 Å². The number of aliphatic imine (C=N–C) groups is 1. The summed E-state index contributed by atoms with van der Waals surface area (Å²) in [6, 6.07) is 0. The fraction of sp³-hybridized carbons (Fsp3) is 0.727. The maximum Gasteiger partial charge on any atom is 0.138 e. The monoisotopic (exact) mass is 183 g/mol. The van der Waals surface area contributed by atoms with Crippen molar-refractivity contribution in [1.29, 1.82) is 0 Å². The van der Waals surface area contributed by atoms with Gasteiger partial charge in [-0.05, 0) is 24.7 Å². The molecule has 3 atom stereocenters. The van der Waals surface area contributed by atoms with Crippen LogP contribution in [0.2, 0.25) is 0 Å². The maximum atomic E-state index is 13.5. The Labute approximate surface area is 79.8 Å². The normalized spacial score (nSPS) is 37.6. The third-order valence-electron chi connectivity index (χ3n) is 2.64. The number of allylic oxidation sites excluding steroid dienone is 1. The molecule has 3 unspecified atom stereocenters. The van der Waals surface area contributed by atoms with Gasteiger partial charge >= 0.3 is 0 Å². The second-order valence-electron chi connectivity index (χ2n) is 3.87. The zero-order valence-electron chi connectivity index (χ0n) is 8.41. The fourth-order valence-electron chi connectivity index (χ4n) is 1.74. The Balaban J connectivity index is 2.64. The van der Waals surface area contributed by atoms with E-state index in [4.69, 9.17) is 0 Å². The Morgan fingerprint density at radius 3 is 3.00 bits per heavy atom. The maximum absolute atomic E-state index is 13.5. The quantitative estimate of drug-likeness (QED) is 0.591. The highest BCUT2D eigenvalue weighted by atomic mass is 19.1. The molecule has 1 heterocycles. The van der Waals surface area contributed by atoms with Crippen LogP contribution in [-0.2, 0) is 0 Å². The van der Waals surface area contributed by atoms with Crippen LogP contribution in [0.25, 0.3) is 0 Å². The number of hydrogen-bond donors (Lipinski definition) is 0. The third-order valence-corrected chi connectivity index (χ3v) is 2.64. The second-order valence-corrected chi connectivity index (χ2v) is 3.87. The highest BCUT2D eigenvalue weighted by Gasteiger charge is 2.20. The van der Waals surface area contributed by atoms with E-state index in [-0.39, 0.29) is 5.92 Å². The molecule has 1 rings (SSSR count). The number of hydrogen-bond acceptors (Lipinski definition) is 1. The van der Waals surface area contributed by atoms with E-state index in [2.05, 4.69) is 11.9 Å². The smallest absolute Gasteiger partial charge is 0.138 e. The van der Waals surface area contributed by atoms with Crippen molar-refractivity contribution in [2.45, 2.75) is 39.3 Å². The molecule has 0 spiro atoms. The van der Waals surface area contributed by atoms with Crippen LogP contribution in [0, 0.1) is 11.8 Å². The summed E-state index contributed by atoms with van der Waals surface area (Å²) in [6.07, 6.45) is 7.18. The van der Waals surface area contributed by atoms with Crippen LogP contribution in [0.3, 0.4) is 0 Å². The van der Waals surface area contributed by atoms with Gasteiger partial charge in [-0.25, -0.2) is 4.39 Å². The van der Waals surface area contributed by atoms with E-state index in [1.165, 1.54) is 6.21 Å². The van der Waals surface area contributed by atoms with Gasteiger partial charge in [0.25, 0.3) is 0 Å². The fourth-order valence-corrected chi connectivity index (χ4v) is 1.74. The zero-order chi connectivity index (χ0) is 9.68. The Hall–Kier alpha value is -0.660. The average Bonchev–Trinajstić information content (AvgIpc) is 2.19. The molecule has 1 aliphatic rings. The number of rotatable bonds is 1. The summed E-state index contributed by atoms with van der Waals surface area (Å²) in [6.45, 7) is 4.22. The molecule has 0 fully saturated rings. The van der Waals surface area contributed by atoms with Crippen LogP contribution >= 0.6 is 0 Å². The van der Waals surface area contributed by atoms with E-state index in [0.717, 1.165) is 19.3 Å². The van der Waals surface area contributed by atoms with Crippen LogP contribution in [-0.4, -0.2) is 12.4 Å². The molecule has 2 heteroatoms. The van der Waals surface area contributed by atoms with E-state index in [1.807, 2.05) is 13.0 Å². The highest BCUT2D eigenvalue weighted by molar-refractivity contribution is 5.64. The van der Waals surface area contributed by atoms with Gasteiger partial charge in [0, 0.05) is 12.4 Å². The van der Waals surface area contributed by atoms with Gasteiger partial charge in [0.1, 0.15) is 6.17 Å². The highest BCUT2D eigenvalue weighted by Crippen LogP contribution is 2.23. The van der Waals surface area contributed by atoms with Crippen molar-refractivity contribution in [3.05, 3.63) is 12.3 Å². The molecule has 0 aromatic heterocycles. The van der Waals surface area contributed by atoms with Crippen molar-refractivity contribution in [2.24, 2.45) is 16.8 Å². The zero-order valence-corrected chi connectivity index (χ0v) is 8.41. The standard InChI is InChI=1S/C11H18FN/c1-3-10-7-9(2)5-4-6-13-8-11(10)12/h4,6,8-11H,3,5,7H2,1-2H3/b6-4+,13-8?. The van der Waals surface area contributed by atoms with Crippen molar-refractivity contribution in [3.63, 3.8) is 0 Å². The first-order valence-corrected chi connectivity index (χ1v) is 5.06. The minimum absolute atomic E-state index is 0.152. The second kappa shape index (κ2) is 5.15. The molecule has 0 aliphatic carbocycles. The summed E-state index contributed by atoms with van der Waals surface area (Å²) < 4.78 is 13.5. The van der Waals surface area contributed by atoms with Gasteiger partial charge in [0.2, 0.25) is 0 Å². The van der Waals surface area contributed by atoms with Gasteiger partial charge < -0.3 is 0 Å². The molecule has 0 bridgehead atoms. The van der Waals surface area contributed by atoms with E-state index >= 15 is 0 Å². The molecule has 0 saturated carbocycles. The third kappa shape index (κ3) is 3.29. The predicted molar refractivity (Wildman–Crippen MR) is 54.7 cm³/mol. The SMILES string of the molecule is CCC1CC(C)C/C=C/N=CC1F. The van der Waals surface area contributed by atoms with Gasteiger partial charge in [0.05, 0.1) is 0 Å². The minimum atomic E-state index is -0.866. The Morgan fingerprint density at radius 1 is 1.54 bits per heavy atom. The lowest BCUT2D eigenvalue weighted by atomic mass is 9.89. The lowest BCUT2D eigenvalue weighted by molar-refractivity contribution is 0.256. The Kier molecular flexibility index (Phi) is 4.13. The molecule has 0 amide bonds. The summed E-state index contributed by atoms with van der Waals surface area (Å²) in [7, 11) is 0. The first-order chi connectivity index (χ1) is 6.24. The molecule has 1 nitrogen and oxygen atoms in total. The van der Waals surface area contributed by atoms with Gasteiger partial charge in [-0.3, -0.25) is 4.99 Å². The van der Waals surface area contributed by atoms with Crippen molar-refractivity contribution >= 4 is 6.21 Å². The van der Waals surface area contributed by atoms with E-state index in [9.17, 15) is 4.39 Å². The van der Waals surface area contributed by atoms with Crippen molar-refractivity contribution in [3.8, 4) is 0 Å². The first-order valence-electron chi connectivity index (χ1n) is 5.06. The Bertz CT molecular complexity index is 198. The van der Waals surface area contributed by atoms with E-state index < -0.39 is 6.17 Å². The lowest BCUT2D eigenvalue weighted by Crippen LogP contribution is -2.18. The molecular weight excluding hydrogens is 165 g/mol. The first kappa shape index (κ1) is 10.4. The summed E-state index contributed by atoms with van der Waals surface area (Å²) in [5, 5.41) is 0. The number of halogens is 1. The molecular formula is C11H18FN. The molecule has 0 radical (unpaired) electrons. The van der Waals surface area contributed by atoms with Gasteiger partial charge in [0.15, 0.2) is 0 Å². The molecule has 0 saturated heterocycles. The van der Waals surface area contributed by atoms with Crippen LogP contribution in [0.5, 0.6) is 0 Å². The lowest BCUT2D eigenvalue weighted by Gasteiger charge is -2.19. The molecule has 0 aromatic rings. The van der Waals surface area contributed by atoms with Gasteiger partial charge in [-0.15, -0.1) is 0 Å². The van der Waals surface area contributed by atoms with Crippen molar-refractivity contribution in [1.82, 2.24) is 0 Å². The van der Waals surface area contributed by atoms with Gasteiger partial charge in [-0.1, -0.05) is 26.3 Å². The number of nitrogens with zero attached hydrogens (tertiary/aromatic N) is 1. The summed E-state index contributed by atoms with van der Waals surface area (Å²) in [5.41, 5.74) is 0. The van der Waals surface area contributed by atoms with Crippen LogP contribution in [0.4, 0.5) is 4.39 Å². The van der Waals surface area contributed by atoms with Gasteiger partial charge in [-0.2, -0.15) is 0 Å². The molecule has 13 heavy (non-hydrogen) atoms. The van der Waals surface area contributed by atoms with Crippen molar-refractivity contribution < 1.29 is 4.39 Å². The average molecular weight is 183 g/mol. The molecule has 74 valence electrons. The molecule has 0 N–H and O–H groups in total. The number of alkyl halides is 1. The minimum Gasteiger partial charge on any atom is -0.266 e. The summed E-state index contributed by atoms with van der Waals surface area (Å²) in [5.74, 6) is 0.722. The van der Waals surface area contributed by atoms with Crippen LogP contribution in [0.15, 0.2) is 17.3 Å². The molecule has 0 aromatic carbocycles. The molecule has 1 aliphatic heterocycles. The van der Waals surface area contributed by atoms with Crippen LogP contribution in [0.1, 0.15) is 33.1 Å². The topological polar surface area (TPSA) is 12.4 Å². The summed E-state index contributed by atoms with van der Waals surface area (Å²) >= 11 is 0. The summed E-state index contributed by atoms with van der Waals surface area (Å²) in [4.78, 5) is 3.92. The van der Waals surface area contributed by atoms with E-state index in [1.54, 1.807) is 6.20 Å².